The molecule has 78 valence electrons. The molecule has 5 nitrogen and oxygen atoms in total. The van der Waals surface area contributed by atoms with Crippen molar-refractivity contribution in [2.45, 2.75) is 20.0 Å². The van der Waals surface area contributed by atoms with Crippen LogP contribution < -0.4 is 0 Å². The molecule has 0 aliphatic rings. The number of rotatable bonds is 4. The minimum absolute atomic E-state index is 0.182. The largest absolute Gasteiger partial charge is 0.461 e. The third-order valence-electron chi connectivity index (χ3n) is 1.79. The number of carbonyl (C=O) groups is 1. The Balaban J connectivity index is 2.86. The maximum atomic E-state index is 11.3. The van der Waals surface area contributed by atoms with E-state index in [1.54, 1.807) is 13.8 Å². The molecular weight excluding hydrogens is 186 g/mol. The summed E-state index contributed by atoms with van der Waals surface area (Å²) in [5, 5.41) is 0. The number of ether oxygens (including phenoxy) is 2. The molecule has 1 aromatic rings. The van der Waals surface area contributed by atoms with Crippen LogP contribution in [0.1, 0.15) is 36.2 Å². The smallest absolute Gasteiger partial charge is 0.360 e. The molecular formula is C9H13NO4. The van der Waals surface area contributed by atoms with Gasteiger partial charge in [0.05, 0.1) is 6.61 Å². The molecule has 0 saturated heterocycles. The number of oxazole rings is 1. The number of methoxy groups -OCH3 is 1. The van der Waals surface area contributed by atoms with Crippen molar-refractivity contribution < 1.29 is 18.7 Å². The van der Waals surface area contributed by atoms with E-state index in [0.717, 1.165) is 0 Å². The molecule has 1 unspecified atom stereocenters. The van der Waals surface area contributed by atoms with Crippen molar-refractivity contribution in [3.05, 3.63) is 17.8 Å². The monoisotopic (exact) mass is 199 g/mol. The van der Waals surface area contributed by atoms with E-state index in [0.29, 0.717) is 12.4 Å². The fourth-order valence-electron chi connectivity index (χ4n) is 1.00. The molecule has 0 fully saturated rings. The highest BCUT2D eigenvalue weighted by molar-refractivity contribution is 5.88. The van der Waals surface area contributed by atoms with Crippen molar-refractivity contribution in [2.24, 2.45) is 0 Å². The first-order valence-corrected chi connectivity index (χ1v) is 4.34. The highest BCUT2D eigenvalue weighted by atomic mass is 16.5. The lowest BCUT2D eigenvalue weighted by atomic mass is 10.2. The molecule has 0 bridgehead atoms. The van der Waals surface area contributed by atoms with Crippen LogP contribution in [0.15, 0.2) is 10.8 Å². The van der Waals surface area contributed by atoms with E-state index in [1.807, 2.05) is 0 Å². The van der Waals surface area contributed by atoms with Gasteiger partial charge in [0.15, 0.2) is 17.8 Å². The van der Waals surface area contributed by atoms with Gasteiger partial charge in [-0.25, -0.2) is 9.78 Å². The van der Waals surface area contributed by atoms with Gasteiger partial charge >= 0.3 is 5.97 Å². The fourth-order valence-corrected chi connectivity index (χ4v) is 1.00. The zero-order chi connectivity index (χ0) is 10.6. The SMILES string of the molecule is CCOC(=O)c1ncoc1C(C)OC. The molecule has 0 aromatic carbocycles. The van der Waals surface area contributed by atoms with Gasteiger partial charge in [-0.1, -0.05) is 0 Å². The Hall–Kier alpha value is -1.36. The Kier molecular flexibility index (Phi) is 3.64. The van der Waals surface area contributed by atoms with Crippen molar-refractivity contribution >= 4 is 5.97 Å². The Labute approximate surface area is 82.0 Å². The lowest BCUT2D eigenvalue weighted by Crippen LogP contribution is -2.09. The molecule has 1 atom stereocenters. The molecule has 0 amide bonds. The van der Waals surface area contributed by atoms with E-state index >= 15 is 0 Å². The van der Waals surface area contributed by atoms with Gasteiger partial charge in [0.2, 0.25) is 0 Å². The first kappa shape index (κ1) is 10.7. The molecule has 0 spiro atoms. The molecule has 0 saturated carbocycles. The predicted molar refractivity (Wildman–Crippen MR) is 47.9 cm³/mol. The van der Waals surface area contributed by atoms with E-state index in [1.165, 1.54) is 13.5 Å². The third-order valence-corrected chi connectivity index (χ3v) is 1.79. The van der Waals surface area contributed by atoms with Crippen molar-refractivity contribution in [2.75, 3.05) is 13.7 Å². The third kappa shape index (κ3) is 2.11. The van der Waals surface area contributed by atoms with Crippen molar-refractivity contribution in [3.63, 3.8) is 0 Å². The van der Waals surface area contributed by atoms with Crippen molar-refractivity contribution in [1.82, 2.24) is 4.98 Å². The van der Waals surface area contributed by atoms with Gasteiger partial charge in [0.25, 0.3) is 0 Å². The molecule has 1 rings (SSSR count). The quantitative estimate of drug-likeness (QED) is 0.688. The van der Waals surface area contributed by atoms with Crippen LogP contribution >= 0.6 is 0 Å². The number of hydrogen-bond donors (Lipinski definition) is 0. The van der Waals surface area contributed by atoms with E-state index in [2.05, 4.69) is 4.98 Å². The van der Waals surface area contributed by atoms with E-state index in [9.17, 15) is 4.79 Å². The van der Waals surface area contributed by atoms with Gasteiger partial charge in [0, 0.05) is 7.11 Å². The van der Waals surface area contributed by atoms with Crippen LogP contribution in [0.25, 0.3) is 0 Å². The van der Waals surface area contributed by atoms with Gasteiger partial charge in [-0.05, 0) is 13.8 Å². The summed E-state index contributed by atoms with van der Waals surface area (Å²) in [5.74, 6) is -0.0916. The van der Waals surface area contributed by atoms with Crippen LogP contribution in [0.3, 0.4) is 0 Å². The minimum Gasteiger partial charge on any atom is -0.461 e. The van der Waals surface area contributed by atoms with Crippen LogP contribution in [-0.4, -0.2) is 24.7 Å². The summed E-state index contributed by atoms with van der Waals surface area (Å²) in [4.78, 5) is 15.1. The zero-order valence-electron chi connectivity index (χ0n) is 8.44. The molecule has 0 aliphatic carbocycles. The van der Waals surface area contributed by atoms with Gasteiger partial charge in [-0.2, -0.15) is 0 Å². The summed E-state index contributed by atoms with van der Waals surface area (Å²) in [6, 6.07) is 0. The normalized spacial score (nSPS) is 12.5. The Bertz CT molecular complexity index is 308. The molecule has 0 radical (unpaired) electrons. The van der Waals surface area contributed by atoms with Crippen molar-refractivity contribution in [1.29, 1.82) is 0 Å². The van der Waals surface area contributed by atoms with Crippen LogP contribution in [0.5, 0.6) is 0 Å². The Morgan fingerprint density at radius 3 is 3.00 bits per heavy atom. The fraction of sp³-hybridized carbons (Fsp3) is 0.556. The molecule has 1 aromatic heterocycles. The second-order valence-electron chi connectivity index (χ2n) is 2.66. The molecule has 14 heavy (non-hydrogen) atoms. The standard InChI is InChI=1S/C9H13NO4/c1-4-13-9(11)7-8(6(2)12-3)14-5-10-7/h5-6H,4H2,1-3H3. The Morgan fingerprint density at radius 1 is 1.71 bits per heavy atom. The summed E-state index contributed by atoms with van der Waals surface area (Å²) in [5.41, 5.74) is 0.182. The maximum Gasteiger partial charge on any atom is 0.360 e. The van der Waals surface area contributed by atoms with Crippen molar-refractivity contribution in [3.8, 4) is 0 Å². The van der Waals surface area contributed by atoms with Gasteiger partial charge in [-0.3, -0.25) is 0 Å². The first-order chi connectivity index (χ1) is 6.70. The topological polar surface area (TPSA) is 61.6 Å². The zero-order valence-corrected chi connectivity index (χ0v) is 8.44. The number of esters is 1. The summed E-state index contributed by atoms with van der Waals surface area (Å²) < 4.78 is 14.9. The minimum atomic E-state index is -0.486. The summed E-state index contributed by atoms with van der Waals surface area (Å²) >= 11 is 0. The summed E-state index contributed by atoms with van der Waals surface area (Å²) in [6.45, 7) is 3.81. The molecule has 0 N–H and O–H groups in total. The average Bonchev–Trinajstić information content (AvgIpc) is 2.65. The number of hydrogen-bond acceptors (Lipinski definition) is 5. The van der Waals surface area contributed by atoms with Crippen LogP contribution in [0.2, 0.25) is 0 Å². The molecule has 5 heteroatoms. The maximum absolute atomic E-state index is 11.3. The Morgan fingerprint density at radius 2 is 2.43 bits per heavy atom. The van der Waals surface area contributed by atoms with Gasteiger partial charge < -0.3 is 13.9 Å². The second-order valence-corrected chi connectivity index (χ2v) is 2.66. The summed E-state index contributed by atoms with van der Waals surface area (Å²) in [7, 11) is 1.53. The highest BCUT2D eigenvalue weighted by Crippen LogP contribution is 2.19. The average molecular weight is 199 g/mol. The first-order valence-electron chi connectivity index (χ1n) is 4.34. The van der Waals surface area contributed by atoms with Crippen LogP contribution in [-0.2, 0) is 9.47 Å². The summed E-state index contributed by atoms with van der Waals surface area (Å²) in [6.07, 6.45) is 0.897. The number of aromatic nitrogens is 1. The van der Waals surface area contributed by atoms with E-state index in [4.69, 9.17) is 13.9 Å². The lowest BCUT2D eigenvalue weighted by molar-refractivity contribution is 0.0500. The molecule has 1 heterocycles. The lowest BCUT2D eigenvalue weighted by Gasteiger charge is -2.06. The predicted octanol–water partition coefficient (Wildman–Crippen LogP) is 1.56. The van der Waals surface area contributed by atoms with Gasteiger partial charge in [-0.15, -0.1) is 0 Å². The van der Waals surface area contributed by atoms with Crippen LogP contribution in [0.4, 0.5) is 0 Å². The number of carbonyl (C=O) groups excluding carboxylic acids is 1. The van der Waals surface area contributed by atoms with Gasteiger partial charge in [0.1, 0.15) is 6.10 Å². The number of nitrogens with zero attached hydrogens (tertiary/aromatic N) is 1. The van der Waals surface area contributed by atoms with Crippen LogP contribution in [0, 0.1) is 0 Å². The van der Waals surface area contributed by atoms with E-state index < -0.39 is 5.97 Å². The second kappa shape index (κ2) is 4.76. The van der Waals surface area contributed by atoms with E-state index in [-0.39, 0.29) is 11.8 Å². The highest BCUT2D eigenvalue weighted by Gasteiger charge is 2.22. The molecule has 0 aliphatic heterocycles.